The number of fused-ring (bicyclic) bond motifs is 1. The van der Waals surface area contributed by atoms with E-state index in [0.717, 1.165) is 16.3 Å². The van der Waals surface area contributed by atoms with Gasteiger partial charge in [-0.15, -0.1) is 0 Å². The summed E-state index contributed by atoms with van der Waals surface area (Å²) in [6.45, 7) is 3.91. The molecule has 2 aromatic carbocycles. The predicted molar refractivity (Wildman–Crippen MR) is 77.3 cm³/mol. The molecule has 0 bridgehead atoms. The number of benzene rings is 2. The van der Waals surface area contributed by atoms with Gasteiger partial charge in [0.25, 0.3) is 0 Å². The van der Waals surface area contributed by atoms with Gasteiger partial charge in [0, 0.05) is 6.04 Å². The summed E-state index contributed by atoms with van der Waals surface area (Å²) in [5, 5.41) is 14.7. The first-order valence-electron chi connectivity index (χ1n) is 6.53. The lowest BCUT2D eigenvalue weighted by Crippen LogP contribution is -2.42. The molecule has 0 spiro atoms. The van der Waals surface area contributed by atoms with Crippen LogP contribution in [0.25, 0.3) is 10.8 Å². The molecule has 0 saturated heterocycles. The topological polar surface area (TPSA) is 49.3 Å². The minimum atomic E-state index is -0.804. The Balaban J connectivity index is 2.31. The molecule has 0 amide bonds. The zero-order chi connectivity index (χ0) is 13.8. The van der Waals surface area contributed by atoms with Crippen LogP contribution in [-0.4, -0.2) is 23.2 Å². The summed E-state index contributed by atoms with van der Waals surface area (Å²) >= 11 is 0. The molecule has 1 atom stereocenters. The molecular formula is C16H19NO2. The maximum Gasteiger partial charge on any atom is 0.321 e. The van der Waals surface area contributed by atoms with E-state index in [1.54, 1.807) is 0 Å². The molecule has 3 heteroatoms. The van der Waals surface area contributed by atoms with Crippen molar-refractivity contribution in [3.05, 3.63) is 48.0 Å². The first-order chi connectivity index (χ1) is 9.08. The zero-order valence-electron chi connectivity index (χ0n) is 11.3. The first-order valence-corrected chi connectivity index (χ1v) is 6.53. The zero-order valence-corrected chi connectivity index (χ0v) is 11.3. The van der Waals surface area contributed by atoms with Crippen molar-refractivity contribution in [2.24, 2.45) is 0 Å². The van der Waals surface area contributed by atoms with E-state index < -0.39 is 12.0 Å². The molecular weight excluding hydrogens is 238 g/mol. The summed E-state index contributed by atoms with van der Waals surface area (Å²) in [7, 11) is 0. The highest BCUT2D eigenvalue weighted by atomic mass is 16.4. The molecule has 0 aromatic heterocycles. The molecule has 3 nitrogen and oxygen atoms in total. The fourth-order valence-electron chi connectivity index (χ4n) is 2.31. The van der Waals surface area contributed by atoms with Crippen LogP contribution < -0.4 is 5.32 Å². The Morgan fingerprint density at radius 1 is 1.16 bits per heavy atom. The number of hydrogen-bond donors (Lipinski definition) is 2. The maximum absolute atomic E-state index is 11.3. The van der Waals surface area contributed by atoms with Gasteiger partial charge < -0.3 is 10.4 Å². The number of rotatable bonds is 5. The van der Waals surface area contributed by atoms with E-state index in [0.29, 0.717) is 6.42 Å². The third kappa shape index (κ3) is 3.32. The van der Waals surface area contributed by atoms with Gasteiger partial charge in [-0.1, -0.05) is 56.3 Å². The quantitative estimate of drug-likeness (QED) is 0.866. The molecule has 0 aliphatic heterocycles. The van der Waals surface area contributed by atoms with Crippen LogP contribution in [-0.2, 0) is 11.2 Å². The SMILES string of the molecule is CC(C)NC(Cc1cccc2ccccc12)C(=O)O. The molecule has 0 radical (unpaired) electrons. The van der Waals surface area contributed by atoms with E-state index in [2.05, 4.69) is 5.32 Å². The van der Waals surface area contributed by atoms with Crippen LogP contribution in [0.2, 0.25) is 0 Å². The van der Waals surface area contributed by atoms with Crippen molar-refractivity contribution >= 4 is 16.7 Å². The van der Waals surface area contributed by atoms with Gasteiger partial charge in [0.15, 0.2) is 0 Å². The lowest BCUT2D eigenvalue weighted by molar-refractivity contribution is -0.139. The molecule has 0 aliphatic carbocycles. The first kappa shape index (κ1) is 13.6. The van der Waals surface area contributed by atoms with Gasteiger partial charge in [-0.05, 0) is 22.8 Å². The van der Waals surface area contributed by atoms with E-state index in [1.165, 1.54) is 0 Å². The number of carboxylic acid groups (broad SMARTS) is 1. The number of carboxylic acids is 1. The van der Waals surface area contributed by atoms with Crippen molar-refractivity contribution in [3.8, 4) is 0 Å². The molecule has 0 saturated carbocycles. The number of aliphatic carboxylic acids is 1. The smallest absolute Gasteiger partial charge is 0.321 e. The Bertz CT molecular complexity index is 572. The Kier molecular flexibility index (Phi) is 4.17. The standard InChI is InChI=1S/C16H19NO2/c1-11(2)17-15(16(18)19)10-13-8-5-7-12-6-3-4-9-14(12)13/h3-9,11,15,17H,10H2,1-2H3,(H,18,19). The Hall–Kier alpha value is -1.87. The maximum atomic E-state index is 11.3. The normalized spacial score (nSPS) is 12.8. The summed E-state index contributed by atoms with van der Waals surface area (Å²) in [5.41, 5.74) is 1.07. The van der Waals surface area contributed by atoms with Crippen LogP contribution in [0, 0.1) is 0 Å². The molecule has 2 rings (SSSR count). The highest BCUT2D eigenvalue weighted by Gasteiger charge is 2.19. The number of hydrogen-bond acceptors (Lipinski definition) is 2. The Morgan fingerprint density at radius 2 is 1.84 bits per heavy atom. The van der Waals surface area contributed by atoms with E-state index >= 15 is 0 Å². The van der Waals surface area contributed by atoms with Crippen molar-refractivity contribution in [2.75, 3.05) is 0 Å². The summed E-state index contributed by atoms with van der Waals surface area (Å²) in [5.74, 6) is -0.804. The highest BCUT2D eigenvalue weighted by molar-refractivity contribution is 5.86. The van der Waals surface area contributed by atoms with Crippen LogP contribution >= 0.6 is 0 Å². The van der Waals surface area contributed by atoms with Crippen LogP contribution in [0.4, 0.5) is 0 Å². The van der Waals surface area contributed by atoms with E-state index in [9.17, 15) is 9.90 Å². The predicted octanol–water partition coefficient (Wildman–Crippen LogP) is 2.83. The summed E-state index contributed by atoms with van der Waals surface area (Å²) < 4.78 is 0. The third-order valence-electron chi connectivity index (χ3n) is 3.14. The van der Waals surface area contributed by atoms with E-state index in [-0.39, 0.29) is 6.04 Å². The molecule has 19 heavy (non-hydrogen) atoms. The summed E-state index contributed by atoms with van der Waals surface area (Å²) in [6, 6.07) is 13.7. The lowest BCUT2D eigenvalue weighted by Gasteiger charge is -2.18. The fourth-order valence-corrected chi connectivity index (χ4v) is 2.31. The number of carbonyl (C=O) groups is 1. The van der Waals surface area contributed by atoms with Gasteiger partial charge in [0.2, 0.25) is 0 Å². The second-order valence-electron chi connectivity index (χ2n) is 5.05. The van der Waals surface area contributed by atoms with Gasteiger partial charge >= 0.3 is 5.97 Å². The van der Waals surface area contributed by atoms with Crippen molar-refractivity contribution in [1.29, 1.82) is 0 Å². The monoisotopic (exact) mass is 257 g/mol. The molecule has 0 heterocycles. The summed E-state index contributed by atoms with van der Waals surface area (Å²) in [4.78, 5) is 11.3. The Labute approximate surface area is 113 Å². The molecule has 0 aliphatic rings. The van der Waals surface area contributed by atoms with E-state index in [4.69, 9.17) is 0 Å². The summed E-state index contributed by atoms with van der Waals surface area (Å²) in [6.07, 6.45) is 0.495. The average molecular weight is 257 g/mol. The lowest BCUT2D eigenvalue weighted by atomic mass is 9.98. The van der Waals surface area contributed by atoms with Gasteiger partial charge in [0.05, 0.1) is 0 Å². The second kappa shape index (κ2) is 5.85. The van der Waals surface area contributed by atoms with E-state index in [1.807, 2.05) is 56.3 Å². The van der Waals surface area contributed by atoms with Crippen LogP contribution in [0.15, 0.2) is 42.5 Å². The van der Waals surface area contributed by atoms with Crippen molar-refractivity contribution in [2.45, 2.75) is 32.4 Å². The fraction of sp³-hybridized carbons (Fsp3) is 0.312. The number of nitrogens with one attached hydrogen (secondary N) is 1. The minimum absolute atomic E-state index is 0.149. The molecule has 2 aromatic rings. The largest absolute Gasteiger partial charge is 0.480 e. The van der Waals surface area contributed by atoms with Crippen LogP contribution in [0.3, 0.4) is 0 Å². The van der Waals surface area contributed by atoms with Crippen molar-refractivity contribution in [1.82, 2.24) is 5.32 Å². The average Bonchev–Trinajstić information content (AvgIpc) is 2.37. The van der Waals surface area contributed by atoms with Gasteiger partial charge in [-0.2, -0.15) is 0 Å². The van der Waals surface area contributed by atoms with Crippen LogP contribution in [0.1, 0.15) is 19.4 Å². The molecule has 0 fully saturated rings. The van der Waals surface area contributed by atoms with Crippen molar-refractivity contribution < 1.29 is 9.90 Å². The minimum Gasteiger partial charge on any atom is -0.480 e. The molecule has 2 N–H and O–H groups in total. The van der Waals surface area contributed by atoms with Gasteiger partial charge in [0.1, 0.15) is 6.04 Å². The second-order valence-corrected chi connectivity index (χ2v) is 5.05. The van der Waals surface area contributed by atoms with Crippen molar-refractivity contribution in [3.63, 3.8) is 0 Å². The molecule has 1 unspecified atom stereocenters. The Morgan fingerprint density at radius 3 is 2.53 bits per heavy atom. The molecule has 100 valence electrons. The highest BCUT2D eigenvalue weighted by Crippen LogP contribution is 2.19. The third-order valence-corrected chi connectivity index (χ3v) is 3.14. The van der Waals surface area contributed by atoms with Gasteiger partial charge in [-0.3, -0.25) is 4.79 Å². The van der Waals surface area contributed by atoms with Crippen LogP contribution in [0.5, 0.6) is 0 Å². The van der Waals surface area contributed by atoms with Gasteiger partial charge in [-0.25, -0.2) is 0 Å².